The molecule has 0 atom stereocenters. The first kappa shape index (κ1) is 49.9. The summed E-state index contributed by atoms with van der Waals surface area (Å²) < 4.78 is 0. The zero-order valence-electron chi connectivity index (χ0n) is 34.5. The molecule has 0 aromatic heterocycles. The zero-order valence-corrected chi connectivity index (χ0v) is 104. The van der Waals surface area contributed by atoms with Crippen LogP contribution in [0.15, 0.2) is 0 Å². The second-order valence-electron chi connectivity index (χ2n) is 23.6. The third-order valence-corrected chi connectivity index (χ3v) is 1030. The molecular weight excluding hydrogens is 1150 g/mol. The predicted molar refractivity (Wildman–Crippen MR) is 353 cm³/mol. The van der Waals surface area contributed by atoms with Gasteiger partial charge in [-0.25, -0.2) is 0 Å². The molecule has 41 heteroatoms. The van der Waals surface area contributed by atoms with Crippen molar-refractivity contribution in [2.45, 2.75) is 0 Å². The van der Waals surface area contributed by atoms with Gasteiger partial charge in [-0.3, -0.25) is 0 Å². The van der Waals surface area contributed by atoms with Crippen LogP contribution in [-0.4, -0.2) is 353 Å². The van der Waals surface area contributed by atoms with Crippen molar-refractivity contribution in [3.8, 4) is 0 Å². The van der Waals surface area contributed by atoms with Gasteiger partial charge in [0.15, 0.2) is 0 Å². The second kappa shape index (κ2) is 14.9. The molecule has 0 fully saturated rings. The van der Waals surface area contributed by atoms with Crippen LogP contribution in [0.3, 0.4) is 0 Å². The third kappa shape index (κ3) is 7.87. The van der Waals surface area contributed by atoms with E-state index < -0.39 is 79.9 Å². The van der Waals surface area contributed by atoms with E-state index in [9.17, 15) is 0 Å². The van der Waals surface area contributed by atoms with Crippen LogP contribution in [0.4, 0.5) is 0 Å². The summed E-state index contributed by atoms with van der Waals surface area (Å²) in [5.41, 5.74) is 0. The molecule has 0 heterocycles. The van der Waals surface area contributed by atoms with Crippen LogP contribution in [-0.2, 0) is 0 Å². The summed E-state index contributed by atoms with van der Waals surface area (Å²) >= 11 is 0. The lowest BCUT2D eigenvalue weighted by Gasteiger charge is -2.87. The van der Waals surface area contributed by atoms with Gasteiger partial charge in [0, 0.05) is 0 Å². The quantitative estimate of drug-likeness (QED) is 0.171. The fourth-order valence-corrected chi connectivity index (χ4v) is 3710. The summed E-state index contributed by atoms with van der Waals surface area (Å²) in [5, 5.41) is 0. The molecule has 0 saturated carbocycles. The van der Waals surface area contributed by atoms with Gasteiger partial charge in [-0.1, -0.05) is 0 Å². The molecule has 0 rings (SSSR count). The van der Waals surface area contributed by atoms with Crippen LogP contribution in [0.2, 0.25) is 0 Å². The van der Waals surface area contributed by atoms with Gasteiger partial charge in [0.05, 0.1) is 0 Å². The molecule has 41 heavy (non-hydrogen) atoms. The van der Waals surface area contributed by atoms with E-state index in [-0.39, 0.29) is 0 Å². The molecule has 0 aliphatic heterocycles. The molecular formula is H84Si41. The lowest BCUT2D eigenvalue weighted by atomic mass is 25.2. The van der Waals surface area contributed by atoms with E-state index >= 15 is 0 Å². The third-order valence-electron chi connectivity index (χ3n) is 12.8. The highest BCUT2D eigenvalue weighted by Crippen LogP contribution is 2.51. The van der Waals surface area contributed by atoms with Crippen molar-refractivity contribution in [2.75, 3.05) is 0 Å². The fraction of sp³-hybridized carbons (Fsp3) is 0. The average Bonchev–Trinajstić information content (AvgIpc) is 2.49. The number of rotatable bonds is 12. The summed E-state index contributed by atoms with van der Waals surface area (Å²) in [6.07, 6.45) is -8.06. The molecule has 0 radical (unpaired) electrons. The maximum atomic E-state index is 2.20. The van der Waals surface area contributed by atoms with E-state index in [1.54, 1.807) is 0 Å². The number of hydrogen-bond acceptors (Lipinski definition) is 0. The molecule has 0 N–H and O–H groups in total. The fourth-order valence-electron chi connectivity index (χ4n) is 15.3. The zero-order chi connectivity index (χ0) is 34.5. The molecule has 0 aliphatic rings. The summed E-state index contributed by atoms with van der Waals surface area (Å²) in [6.45, 7) is 0. The Morgan fingerprint density at radius 2 is 0.268 bits per heavy atom. The van der Waals surface area contributed by atoms with Crippen molar-refractivity contribution in [2.24, 2.45) is 0 Å². The van der Waals surface area contributed by atoms with Crippen LogP contribution < -0.4 is 0 Å². The van der Waals surface area contributed by atoms with Gasteiger partial charge in [0.2, 0.25) is 0 Å². The number of hydrogen-bond donors (Lipinski definition) is 0. The van der Waals surface area contributed by atoms with Gasteiger partial charge < -0.3 is 0 Å². The smallest absolute Gasteiger partial charge is 0.000625 e. The largest absolute Gasteiger partial charge is 0.0110 e. The van der Waals surface area contributed by atoms with Crippen LogP contribution in [0, 0.1) is 0 Å². The molecule has 0 nitrogen and oxygen atoms in total. The summed E-state index contributed by atoms with van der Waals surface area (Å²) in [4.78, 5) is 0. The van der Waals surface area contributed by atoms with Gasteiger partial charge in [-0.2, -0.15) is 0 Å². The molecule has 0 amide bonds. The van der Waals surface area contributed by atoms with E-state index in [4.69, 9.17) is 0 Å². The molecule has 0 aromatic rings. The molecule has 0 spiro atoms. The lowest BCUT2D eigenvalue weighted by Crippen LogP contribution is -3.25. The van der Waals surface area contributed by atoms with Crippen LogP contribution in [0.5, 0.6) is 0 Å². The van der Waals surface area contributed by atoms with E-state index in [0.717, 1.165) is 0 Å². The maximum Gasteiger partial charge on any atom is -0.000625 e. The van der Waals surface area contributed by atoms with E-state index in [1.807, 2.05) is 58.6 Å². The van der Waals surface area contributed by atoms with Crippen LogP contribution in [0.1, 0.15) is 0 Å². The van der Waals surface area contributed by atoms with Crippen molar-refractivity contribution in [3.63, 3.8) is 0 Å². The first-order chi connectivity index (χ1) is 17.0. The highest BCUT2D eigenvalue weighted by atomic mass is 31.0. The lowest BCUT2D eigenvalue weighted by molar-refractivity contribution is 2.88. The van der Waals surface area contributed by atoms with Crippen molar-refractivity contribution in [1.29, 1.82) is 0 Å². The molecule has 0 aromatic carbocycles. The molecule has 248 valence electrons. The standard InChI is InChI=1S/H84Si41/c1-29(2,3)38(28,30(4,5)6)41(37(25,26)27,39(31(7,8)9,32(10,11)12)33(13,14)15)40(34(16,17)18,35(19,20)21)36(22,23)24/h1-28H3. The predicted octanol–water partition coefficient (Wildman–Crippen LogP) is -38.1. The minimum atomic E-state index is -0.764. The SMILES string of the molecule is [SiH3][Si]([SiH3])([SiH3])[Si]([SiH3])([Si]([SiH3])([SiH3])[SiH3])[Si]([Si]([SiH3])([SiH3])[SiH3])([Si]([Si]([SiH3])([SiH3])[SiH3])([Si]([SiH3])([SiH3])[SiH3])[Si]([SiH3])([SiH3])[SiH3])[Si]([Si]([SiH3])([SiH3])[SiH3])([Si]([SiH3])([SiH3])[SiH3])[Si]([SiH3])([SiH3])[SiH3]. The van der Waals surface area contributed by atoms with Crippen molar-refractivity contribution in [3.05, 3.63) is 0 Å². The van der Waals surface area contributed by atoms with Crippen molar-refractivity contribution >= 4 is 353 Å². The summed E-state index contributed by atoms with van der Waals surface area (Å²) in [6, 6.07) is 0. The molecule has 0 aliphatic carbocycles. The minimum absolute atomic E-state index is 0.557. The van der Waals surface area contributed by atoms with Crippen LogP contribution >= 0.6 is 0 Å². The molecule has 0 bridgehead atoms. The Morgan fingerprint density at radius 1 is 0.146 bits per heavy atom. The van der Waals surface area contributed by atoms with E-state index in [2.05, 4.69) is 215 Å². The molecule has 0 unspecified atom stereocenters. The topological polar surface area (TPSA) is 0 Å². The Hall–Kier alpha value is 8.89. The van der Waals surface area contributed by atoms with Gasteiger partial charge >= 0.3 is 0 Å². The minimum Gasteiger partial charge on any atom is -0.0110 e. The second-order valence-corrected chi connectivity index (χ2v) is 638. The summed E-state index contributed by atoms with van der Waals surface area (Å²) in [7, 11) is 57.5. The Kier molecular flexibility index (Phi) is 18.1. The van der Waals surface area contributed by atoms with Crippen molar-refractivity contribution < 1.29 is 0 Å². The van der Waals surface area contributed by atoms with Gasteiger partial charge in [-0.05, 0) is 353 Å². The first-order valence-corrected chi connectivity index (χ1v) is 153. The Bertz CT molecular complexity index is 751. The Labute approximate surface area is 347 Å². The maximum absolute atomic E-state index is 2.20. The van der Waals surface area contributed by atoms with E-state index in [0.29, 0.717) is 0 Å². The normalized spacial score (nSPS) is 34.5. The first-order valence-electron chi connectivity index (χ1n) is 17.0. The highest BCUT2D eigenvalue weighted by Gasteiger charge is 2.89. The average molecular weight is 1240 g/mol. The van der Waals surface area contributed by atoms with Crippen LogP contribution in [0.25, 0.3) is 0 Å². The van der Waals surface area contributed by atoms with Crippen molar-refractivity contribution in [1.82, 2.24) is 0 Å². The van der Waals surface area contributed by atoms with Gasteiger partial charge in [0.25, 0.3) is 0 Å². The molecule has 0 saturated heterocycles. The Morgan fingerprint density at radius 3 is 0.341 bits per heavy atom. The van der Waals surface area contributed by atoms with E-state index in [1.165, 1.54) is 0 Å². The Balaban J connectivity index is 10.7. The monoisotopic (exact) mass is 1230 g/mol. The van der Waals surface area contributed by atoms with Gasteiger partial charge in [0.1, 0.15) is 0 Å². The highest BCUT2D eigenvalue weighted by molar-refractivity contribution is 8.65. The van der Waals surface area contributed by atoms with Gasteiger partial charge in [-0.15, -0.1) is 0 Å². The summed E-state index contributed by atoms with van der Waals surface area (Å²) in [5.74, 6) is 0.